The Hall–Kier alpha value is -3.00. The Labute approximate surface area is 179 Å². The van der Waals surface area contributed by atoms with Crippen molar-refractivity contribution in [1.82, 2.24) is 14.9 Å². The van der Waals surface area contributed by atoms with Crippen LogP contribution in [-0.2, 0) is 4.79 Å². The molecule has 8 heteroatoms. The molecule has 4 N–H and O–H groups in total. The lowest BCUT2D eigenvalue weighted by Crippen LogP contribution is -2.40. The second-order valence-electron chi connectivity index (χ2n) is 7.35. The number of nitrogen functional groups attached to an aromatic ring is 2. The number of carbonyl (C=O) groups is 1. The number of nitrogens with zero attached hydrogens (tertiary/aromatic N) is 3. The molecule has 156 valence electrons. The molecular formula is C22H25N5O2S. The van der Waals surface area contributed by atoms with Gasteiger partial charge in [0.25, 0.3) is 0 Å². The second kappa shape index (κ2) is 9.21. The number of piperidine rings is 1. The Morgan fingerprint density at radius 2 is 1.83 bits per heavy atom. The monoisotopic (exact) mass is 423 g/mol. The van der Waals surface area contributed by atoms with E-state index in [1.807, 2.05) is 53.4 Å². The molecule has 7 nitrogen and oxygen atoms in total. The first kappa shape index (κ1) is 20.3. The van der Waals surface area contributed by atoms with Crippen LogP contribution in [-0.4, -0.2) is 46.2 Å². The van der Waals surface area contributed by atoms with Gasteiger partial charge in [0.15, 0.2) is 0 Å². The van der Waals surface area contributed by atoms with E-state index in [0.717, 1.165) is 30.8 Å². The van der Waals surface area contributed by atoms with Gasteiger partial charge in [0.05, 0.1) is 23.3 Å². The second-order valence-corrected chi connectivity index (χ2v) is 8.40. The number of ether oxygens (including phenoxy) is 1. The summed E-state index contributed by atoms with van der Waals surface area (Å²) in [6.07, 6.45) is 1.84. The highest BCUT2D eigenvalue weighted by Gasteiger charge is 2.23. The molecule has 0 saturated carbocycles. The number of carbonyl (C=O) groups excluding carboxylic acids is 1. The minimum atomic E-state index is 0.152. The minimum absolute atomic E-state index is 0.152. The molecule has 1 fully saturated rings. The van der Waals surface area contributed by atoms with Crippen LogP contribution in [0.5, 0.6) is 5.75 Å². The Morgan fingerprint density at radius 1 is 1.07 bits per heavy atom. The zero-order chi connectivity index (χ0) is 20.9. The SMILES string of the molecule is Nc1nc(N)c2c(OCC3CCN(C(=O)CSc4ccccc4)CC3)cccc2n1. The number of anilines is 2. The first-order valence-electron chi connectivity index (χ1n) is 10.0. The van der Waals surface area contributed by atoms with E-state index in [0.29, 0.717) is 40.7 Å². The summed E-state index contributed by atoms with van der Waals surface area (Å²) in [5.41, 5.74) is 12.4. The third-order valence-electron chi connectivity index (χ3n) is 5.28. The number of rotatable bonds is 6. The molecule has 1 aliphatic rings. The van der Waals surface area contributed by atoms with Gasteiger partial charge in [-0.3, -0.25) is 4.79 Å². The lowest BCUT2D eigenvalue weighted by Gasteiger charge is -2.32. The Balaban J connectivity index is 1.28. The van der Waals surface area contributed by atoms with Crippen LogP contribution in [0.3, 0.4) is 0 Å². The van der Waals surface area contributed by atoms with Crippen LogP contribution in [0.1, 0.15) is 12.8 Å². The molecule has 4 rings (SSSR count). The summed E-state index contributed by atoms with van der Waals surface area (Å²) in [6.45, 7) is 2.10. The number of nitrogens with two attached hydrogens (primary N) is 2. The first-order chi connectivity index (χ1) is 14.6. The summed E-state index contributed by atoms with van der Waals surface area (Å²) in [5, 5.41) is 0.692. The third-order valence-corrected chi connectivity index (χ3v) is 6.27. The Kier molecular flexibility index (Phi) is 6.23. The van der Waals surface area contributed by atoms with Gasteiger partial charge in [-0.2, -0.15) is 4.98 Å². The number of thioether (sulfide) groups is 1. The smallest absolute Gasteiger partial charge is 0.232 e. The third kappa shape index (κ3) is 4.76. The lowest BCUT2D eigenvalue weighted by molar-refractivity contribution is -0.129. The molecule has 1 saturated heterocycles. The van der Waals surface area contributed by atoms with Crippen LogP contribution in [0.15, 0.2) is 53.4 Å². The summed E-state index contributed by atoms with van der Waals surface area (Å²) < 4.78 is 6.07. The van der Waals surface area contributed by atoms with E-state index in [9.17, 15) is 4.79 Å². The van der Waals surface area contributed by atoms with Crippen molar-refractivity contribution in [1.29, 1.82) is 0 Å². The molecule has 0 radical (unpaired) electrons. The van der Waals surface area contributed by atoms with Crippen molar-refractivity contribution in [2.45, 2.75) is 17.7 Å². The summed E-state index contributed by atoms with van der Waals surface area (Å²) in [4.78, 5) is 23.8. The lowest BCUT2D eigenvalue weighted by atomic mass is 9.98. The molecule has 3 aromatic rings. The maximum atomic E-state index is 12.5. The molecular weight excluding hydrogens is 398 g/mol. The number of fused-ring (bicyclic) bond motifs is 1. The zero-order valence-corrected chi connectivity index (χ0v) is 17.5. The highest BCUT2D eigenvalue weighted by atomic mass is 32.2. The summed E-state index contributed by atoms with van der Waals surface area (Å²) in [5.74, 6) is 2.21. The van der Waals surface area contributed by atoms with Crippen molar-refractivity contribution in [2.24, 2.45) is 5.92 Å². The van der Waals surface area contributed by atoms with Gasteiger partial charge < -0.3 is 21.1 Å². The van der Waals surface area contributed by atoms with Crippen LogP contribution in [0.25, 0.3) is 10.9 Å². The van der Waals surface area contributed by atoms with E-state index in [1.165, 1.54) is 0 Å². The molecule has 0 spiro atoms. The molecule has 2 aromatic carbocycles. The predicted octanol–water partition coefficient (Wildman–Crippen LogP) is 3.20. The number of hydrogen-bond acceptors (Lipinski definition) is 7. The van der Waals surface area contributed by atoms with E-state index >= 15 is 0 Å². The fraction of sp³-hybridized carbons (Fsp3) is 0.318. The van der Waals surface area contributed by atoms with E-state index in [1.54, 1.807) is 11.8 Å². The van der Waals surface area contributed by atoms with Gasteiger partial charge in [0.2, 0.25) is 11.9 Å². The molecule has 0 atom stereocenters. The number of benzene rings is 2. The summed E-state index contributed by atoms with van der Waals surface area (Å²) >= 11 is 1.59. The van der Waals surface area contributed by atoms with Crippen LogP contribution < -0.4 is 16.2 Å². The van der Waals surface area contributed by atoms with Crippen LogP contribution in [0, 0.1) is 5.92 Å². The van der Waals surface area contributed by atoms with Gasteiger partial charge in [0.1, 0.15) is 11.6 Å². The van der Waals surface area contributed by atoms with E-state index < -0.39 is 0 Å². The average molecular weight is 424 g/mol. The van der Waals surface area contributed by atoms with Crippen molar-refractivity contribution in [3.63, 3.8) is 0 Å². The topological polar surface area (TPSA) is 107 Å². The van der Waals surface area contributed by atoms with Gasteiger partial charge in [0, 0.05) is 18.0 Å². The fourth-order valence-electron chi connectivity index (χ4n) is 3.63. The Morgan fingerprint density at radius 3 is 2.60 bits per heavy atom. The number of amides is 1. The predicted molar refractivity (Wildman–Crippen MR) is 120 cm³/mol. The molecule has 1 amide bonds. The fourth-order valence-corrected chi connectivity index (χ4v) is 4.45. The largest absolute Gasteiger partial charge is 0.492 e. The number of likely N-dealkylation sites (tertiary alicyclic amines) is 1. The quantitative estimate of drug-likeness (QED) is 0.586. The van der Waals surface area contributed by atoms with Crippen molar-refractivity contribution in [3.05, 3.63) is 48.5 Å². The van der Waals surface area contributed by atoms with Crippen molar-refractivity contribution < 1.29 is 9.53 Å². The van der Waals surface area contributed by atoms with Crippen molar-refractivity contribution in [3.8, 4) is 5.75 Å². The molecule has 0 bridgehead atoms. The summed E-state index contributed by atoms with van der Waals surface area (Å²) in [7, 11) is 0. The van der Waals surface area contributed by atoms with Crippen molar-refractivity contribution >= 4 is 40.3 Å². The van der Waals surface area contributed by atoms with Gasteiger partial charge in [-0.05, 0) is 43.0 Å². The summed E-state index contributed by atoms with van der Waals surface area (Å²) in [6, 6.07) is 15.6. The van der Waals surface area contributed by atoms with Gasteiger partial charge >= 0.3 is 0 Å². The van der Waals surface area contributed by atoms with E-state index in [2.05, 4.69) is 9.97 Å². The van der Waals surface area contributed by atoms with E-state index in [-0.39, 0.29) is 11.9 Å². The van der Waals surface area contributed by atoms with Crippen LogP contribution in [0.2, 0.25) is 0 Å². The van der Waals surface area contributed by atoms with Crippen molar-refractivity contribution in [2.75, 3.05) is 36.9 Å². The maximum Gasteiger partial charge on any atom is 0.232 e. The van der Waals surface area contributed by atoms with Crippen LogP contribution in [0.4, 0.5) is 11.8 Å². The van der Waals surface area contributed by atoms with Gasteiger partial charge in [-0.15, -0.1) is 11.8 Å². The Bertz CT molecular complexity index is 1020. The average Bonchev–Trinajstić information content (AvgIpc) is 2.76. The highest BCUT2D eigenvalue weighted by molar-refractivity contribution is 8.00. The first-order valence-corrected chi connectivity index (χ1v) is 11.0. The van der Waals surface area contributed by atoms with Gasteiger partial charge in [-0.1, -0.05) is 24.3 Å². The number of hydrogen-bond donors (Lipinski definition) is 2. The molecule has 30 heavy (non-hydrogen) atoms. The molecule has 1 aliphatic heterocycles. The number of aromatic nitrogens is 2. The maximum absolute atomic E-state index is 12.5. The zero-order valence-electron chi connectivity index (χ0n) is 16.7. The molecule has 2 heterocycles. The minimum Gasteiger partial charge on any atom is -0.492 e. The van der Waals surface area contributed by atoms with Gasteiger partial charge in [-0.25, -0.2) is 4.98 Å². The van der Waals surface area contributed by atoms with E-state index in [4.69, 9.17) is 16.2 Å². The molecule has 1 aromatic heterocycles. The van der Waals surface area contributed by atoms with Crippen LogP contribution >= 0.6 is 11.8 Å². The molecule has 0 aliphatic carbocycles. The highest BCUT2D eigenvalue weighted by Crippen LogP contribution is 2.30. The normalized spacial score (nSPS) is 14.7. The molecule has 0 unspecified atom stereocenters. The standard InChI is InChI=1S/C22H25N5O2S/c23-21-20-17(25-22(24)26-21)7-4-8-18(20)29-13-15-9-11-27(12-10-15)19(28)14-30-16-5-2-1-3-6-16/h1-8,15H,9-14H2,(H4,23,24,25,26).